The van der Waals surface area contributed by atoms with Gasteiger partial charge in [-0.15, -0.1) is 0 Å². The molecule has 0 radical (unpaired) electrons. The van der Waals surface area contributed by atoms with Crippen molar-refractivity contribution in [3.63, 3.8) is 0 Å². The van der Waals surface area contributed by atoms with Gasteiger partial charge in [-0.05, 0) is 48.6 Å². The third kappa shape index (κ3) is 6.73. The molecule has 37 heavy (non-hydrogen) atoms. The highest BCUT2D eigenvalue weighted by molar-refractivity contribution is 5.94. The fourth-order valence-corrected chi connectivity index (χ4v) is 4.20. The minimum atomic E-state index is -0.280. The second-order valence-corrected chi connectivity index (χ2v) is 9.83. The van der Waals surface area contributed by atoms with Gasteiger partial charge in [-0.3, -0.25) is 19.5 Å². The molecule has 0 saturated carbocycles. The highest BCUT2D eigenvalue weighted by Crippen LogP contribution is 2.25. The van der Waals surface area contributed by atoms with E-state index in [0.29, 0.717) is 12.5 Å². The van der Waals surface area contributed by atoms with E-state index in [1.165, 1.54) is 5.56 Å². The summed E-state index contributed by atoms with van der Waals surface area (Å²) < 4.78 is 1.89. The smallest absolute Gasteiger partial charge is 0.246 e. The van der Waals surface area contributed by atoms with Gasteiger partial charge in [0, 0.05) is 24.0 Å². The number of anilines is 1. The van der Waals surface area contributed by atoms with E-state index in [0.717, 1.165) is 28.1 Å². The average molecular weight is 495 g/mol. The molecule has 0 unspecified atom stereocenters. The van der Waals surface area contributed by atoms with Crippen LogP contribution in [0.25, 0.3) is 16.9 Å². The van der Waals surface area contributed by atoms with E-state index in [9.17, 15) is 9.59 Å². The molecule has 0 bridgehead atoms. The fraction of sp³-hybridized carbons (Fsp3) is 0.258. The molecule has 0 spiro atoms. The van der Waals surface area contributed by atoms with Gasteiger partial charge in [-0.2, -0.15) is 0 Å². The second kappa shape index (κ2) is 11.7. The van der Waals surface area contributed by atoms with Crippen molar-refractivity contribution in [2.24, 2.45) is 5.92 Å². The first-order valence-corrected chi connectivity index (χ1v) is 12.6. The van der Waals surface area contributed by atoms with Crippen molar-refractivity contribution in [1.29, 1.82) is 0 Å². The van der Waals surface area contributed by atoms with E-state index >= 15 is 0 Å². The summed E-state index contributed by atoms with van der Waals surface area (Å²) in [4.78, 5) is 32.8. The van der Waals surface area contributed by atoms with Crippen LogP contribution in [-0.2, 0) is 16.0 Å². The molecule has 190 valence electrons. The number of nitrogens with zero attached hydrogens (tertiary/aromatic N) is 3. The van der Waals surface area contributed by atoms with Crippen molar-refractivity contribution in [2.75, 3.05) is 18.4 Å². The molecule has 6 heteroatoms. The van der Waals surface area contributed by atoms with E-state index in [1.54, 1.807) is 4.90 Å². The van der Waals surface area contributed by atoms with Crippen LogP contribution in [0.2, 0.25) is 0 Å². The van der Waals surface area contributed by atoms with Gasteiger partial charge in [0.25, 0.3) is 0 Å². The highest BCUT2D eigenvalue weighted by Gasteiger charge is 2.21. The lowest BCUT2D eigenvalue weighted by atomic mass is 10.1. The van der Waals surface area contributed by atoms with Gasteiger partial charge in [0.15, 0.2) is 0 Å². The van der Waals surface area contributed by atoms with Gasteiger partial charge in [-0.1, -0.05) is 80.6 Å². The van der Waals surface area contributed by atoms with Crippen LogP contribution in [0.5, 0.6) is 0 Å². The van der Waals surface area contributed by atoms with Crippen LogP contribution in [0.3, 0.4) is 0 Å². The van der Waals surface area contributed by atoms with Gasteiger partial charge in [0.1, 0.15) is 0 Å². The summed E-state index contributed by atoms with van der Waals surface area (Å²) in [6, 6.07) is 25.6. The highest BCUT2D eigenvalue weighted by atomic mass is 16.2. The van der Waals surface area contributed by atoms with Crippen molar-refractivity contribution in [3.8, 4) is 16.9 Å². The van der Waals surface area contributed by atoms with E-state index in [2.05, 4.69) is 31.3 Å². The number of amides is 2. The first kappa shape index (κ1) is 25.9. The molecule has 0 atom stereocenters. The summed E-state index contributed by atoms with van der Waals surface area (Å²) in [7, 11) is 0. The number of hydrogen-bond donors (Lipinski definition) is 1. The molecule has 1 N–H and O–H groups in total. The monoisotopic (exact) mass is 494 g/mol. The molecule has 1 aromatic heterocycles. The maximum absolute atomic E-state index is 13.3. The number of carbonyl (C=O) groups excluding carboxylic acids is 2. The van der Waals surface area contributed by atoms with Crippen molar-refractivity contribution < 1.29 is 9.59 Å². The lowest BCUT2D eigenvalue weighted by Gasteiger charge is -2.24. The van der Waals surface area contributed by atoms with Crippen LogP contribution in [0.15, 0.2) is 85.1 Å². The summed E-state index contributed by atoms with van der Waals surface area (Å²) in [6.07, 6.45) is 2.19. The van der Waals surface area contributed by atoms with Gasteiger partial charge in [0.2, 0.25) is 17.8 Å². The molecular formula is C31H34N4O2. The second-order valence-electron chi connectivity index (χ2n) is 9.83. The molecule has 1 heterocycles. The lowest BCUT2D eigenvalue weighted by molar-refractivity contribution is -0.134. The molecular weight excluding hydrogens is 460 g/mol. The average Bonchev–Trinajstić information content (AvgIpc) is 3.29. The maximum atomic E-state index is 13.3. The van der Waals surface area contributed by atoms with Crippen LogP contribution in [0.4, 0.5) is 5.95 Å². The van der Waals surface area contributed by atoms with Crippen LogP contribution in [-0.4, -0.2) is 39.4 Å². The zero-order valence-electron chi connectivity index (χ0n) is 21.9. The lowest BCUT2D eigenvalue weighted by Crippen LogP contribution is -2.41. The van der Waals surface area contributed by atoms with E-state index in [1.807, 2.05) is 91.3 Å². The molecule has 3 aromatic carbocycles. The Labute approximate surface area is 219 Å². The Hall–Kier alpha value is -4.19. The number of nitrogens with one attached hydrogen (secondary N) is 1. The Morgan fingerprint density at radius 2 is 1.59 bits per heavy atom. The Kier molecular flexibility index (Phi) is 8.18. The van der Waals surface area contributed by atoms with Crippen LogP contribution in [0, 0.1) is 19.8 Å². The molecule has 0 fully saturated rings. The Bertz CT molecular complexity index is 1360. The standard InChI is InChI=1S/C31H34N4O2/c1-22(2)19-34(30(37)18-25-11-7-5-8-12-25)21-29(36)33-31-32-28(26-13-9-6-10-14-26)20-35(31)27-16-15-23(3)24(4)17-27/h5-17,20,22H,18-19,21H2,1-4H3,(H,32,33,36). The molecule has 0 aliphatic rings. The van der Waals surface area contributed by atoms with E-state index in [4.69, 9.17) is 4.98 Å². The predicted molar refractivity (Wildman–Crippen MR) is 149 cm³/mol. The minimum Gasteiger partial charge on any atom is -0.333 e. The summed E-state index contributed by atoms with van der Waals surface area (Å²) in [6.45, 7) is 8.68. The number of benzene rings is 3. The third-order valence-electron chi connectivity index (χ3n) is 6.27. The van der Waals surface area contributed by atoms with Gasteiger partial charge in [-0.25, -0.2) is 4.98 Å². The third-order valence-corrected chi connectivity index (χ3v) is 6.27. The molecule has 2 amide bonds. The molecule has 0 aliphatic carbocycles. The van der Waals surface area contributed by atoms with Crippen molar-refractivity contribution in [1.82, 2.24) is 14.5 Å². The number of aryl methyl sites for hydroxylation is 2. The topological polar surface area (TPSA) is 67.2 Å². The van der Waals surface area contributed by atoms with E-state index in [-0.39, 0.29) is 30.7 Å². The fourth-order valence-electron chi connectivity index (χ4n) is 4.20. The molecule has 4 rings (SSSR count). The number of hydrogen-bond acceptors (Lipinski definition) is 3. The Morgan fingerprint density at radius 3 is 2.24 bits per heavy atom. The number of imidazole rings is 1. The zero-order valence-corrected chi connectivity index (χ0v) is 21.9. The number of carbonyl (C=O) groups is 2. The SMILES string of the molecule is Cc1ccc(-n2cc(-c3ccccc3)nc2NC(=O)CN(CC(C)C)C(=O)Cc2ccccc2)cc1C. The van der Waals surface area contributed by atoms with Crippen LogP contribution in [0.1, 0.15) is 30.5 Å². The largest absolute Gasteiger partial charge is 0.333 e. The molecule has 6 nitrogen and oxygen atoms in total. The van der Waals surface area contributed by atoms with Crippen molar-refractivity contribution in [3.05, 3.63) is 102 Å². The summed E-state index contributed by atoms with van der Waals surface area (Å²) in [5.74, 6) is 0.303. The van der Waals surface area contributed by atoms with Crippen molar-refractivity contribution >= 4 is 17.8 Å². The van der Waals surface area contributed by atoms with Gasteiger partial charge >= 0.3 is 0 Å². The Balaban J connectivity index is 1.59. The minimum absolute atomic E-state index is 0.0374. The first-order chi connectivity index (χ1) is 17.8. The summed E-state index contributed by atoms with van der Waals surface area (Å²) in [5.41, 5.74) is 5.90. The number of aromatic nitrogens is 2. The van der Waals surface area contributed by atoms with Crippen molar-refractivity contribution in [2.45, 2.75) is 34.1 Å². The Morgan fingerprint density at radius 1 is 0.919 bits per heavy atom. The van der Waals surface area contributed by atoms with Gasteiger partial charge < -0.3 is 4.90 Å². The molecule has 4 aromatic rings. The maximum Gasteiger partial charge on any atom is 0.246 e. The normalized spacial score (nSPS) is 10.9. The predicted octanol–water partition coefficient (Wildman–Crippen LogP) is 5.82. The zero-order chi connectivity index (χ0) is 26.4. The molecule has 0 saturated heterocycles. The summed E-state index contributed by atoms with van der Waals surface area (Å²) >= 11 is 0. The quantitative estimate of drug-likeness (QED) is 0.319. The number of rotatable bonds is 9. The van der Waals surface area contributed by atoms with Crippen LogP contribution >= 0.6 is 0 Å². The summed E-state index contributed by atoms with van der Waals surface area (Å²) in [5, 5.41) is 2.97. The van der Waals surface area contributed by atoms with Crippen LogP contribution < -0.4 is 5.32 Å². The van der Waals surface area contributed by atoms with Gasteiger partial charge in [0.05, 0.1) is 18.7 Å². The van der Waals surface area contributed by atoms with E-state index < -0.39 is 0 Å². The first-order valence-electron chi connectivity index (χ1n) is 12.6. The molecule has 0 aliphatic heterocycles.